The Morgan fingerprint density at radius 3 is 3.00 bits per heavy atom. The molecule has 0 N–H and O–H groups in total. The number of hydrogen-bond donors (Lipinski definition) is 1. The lowest BCUT2D eigenvalue weighted by molar-refractivity contribution is 0.0564. The van der Waals surface area contributed by atoms with Crippen molar-refractivity contribution < 1.29 is 9.26 Å². The van der Waals surface area contributed by atoms with Crippen LogP contribution < -0.4 is 0 Å². The van der Waals surface area contributed by atoms with E-state index in [-0.39, 0.29) is 20.1 Å². The van der Waals surface area contributed by atoms with Gasteiger partial charge in [0.15, 0.2) is 0 Å². The van der Waals surface area contributed by atoms with E-state index in [4.69, 9.17) is 17.1 Å². The molecule has 0 spiro atoms. The van der Waals surface area contributed by atoms with Crippen LogP contribution in [0.4, 0.5) is 0 Å². The topological polar surface area (TPSA) is 18.5 Å². The molecule has 1 heterocycles. The molecule has 5 heteroatoms. The molecule has 0 amide bonds. The minimum absolute atomic E-state index is 0.0724. The van der Waals surface area contributed by atoms with Crippen molar-refractivity contribution in [1.82, 2.24) is 0 Å². The molecule has 3 atom stereocenters. The summed E-state index contributed by atoms with van der Waals surface area (Å²) in [6.07, 6.45) is 2.16. The average Bonchev–Trinajstić information content (AvgIpc) is 2.31. The summed E-state index contributed by atoms with van der Waals surface area (Å²) in [5.74, 6) is 0. The zero-order valence-corrected chi connectivity index (χ0v) is 7.51. The van der Waals surface area contributed by atoms with Gasteiger partial charge >= 0.3 is 0 Å². The highest BCUT2D eigenvalue weighted by molar-refractivity contribution is 8.36. The van der Waals surface area contributed by atoms with E-state index in [1.807, 2.05) is 0 Å². The second kappa shape index (κ2) is 4.60. The molecule has 0 aromatic heterocycles. The standard InChI is InChI=1S/C5H10BO2PS/c6-5-2-1-4(8-5)3-7-9-10/h4-5,9-10H,1-3H2/t4-,5?/m0/s1. The molecular formula is C5H10BO2PS. The number of hydrogen-bond acceptors (Lipinski definition) is 3. The number of ether oxygens (including phenoxy) is 1. The molecule has 2 radical (unpaired) electrons. The molecule has 0 aliphatic carbocycles. The Labute approximate surface area is 69.5 Å². The summed E-state index contributed by atoms with van der Waals surface area (Å²) in [5, 5.41) is 0. The van der Waals surface area contributed by atoms with E-state index >= 15 is 0 Å². The summed E-state index contributed by atoms with van der Waals surface area (Å²) in [5.41, 5.74) is 0. The highest BCUT2D eigenvalue weighted by Gasteiger charge is 2.20. The summed E-state index contributed by atoms with van der Waals surface area (Å²) in [6, 6.07) is -0.0724. The summed E-state index contributed by atoms with van der Waals surface area (Å²) >= 11 is 3.93. The van der Waals surface area contributed by atoms with Gasteiger partial charge in [0.25, 0.3) is 0 Å². The lowest BCUT2D eigenvalue weighted by atomic mass is 9.97. The van der Waals surface area contributed by atoms with Crippen LogP contribution in [-0.2, 0) is 9.26 Å². The molecule has 1 aliphatic heterocycles. The average molecular weight is 176 g/mol. The third kappa shape index (κ3) is 2.79. The van der Waals surface area contributed by atoms with Gasteiger partial charge in [-0.25, -0.2) is 0 Å². The molecule has 0 bridgehead atoms. The van der Waals surface area contributed by atoms with Crippen LogP contribution in [0.1, 0.15) is 12.8 Å². The maximum absolute atomic E-state index is 5.50. The van der Waals surface area contributed by atoms with Crippen LogP contribution in [0.5, 0.6) is 0 Å². The highest BCUT2D eigenvalue weighted by atomic mass is 32.7. The fourth-order valence-corrected chi connectivity index (χ4v) is 1.47. The molecule has 1 fully saturated rings. The smallest absolute Gasteiger partial charge is 0.109 e. The van der Waals surface area contributed by atoms with Gasteiger partial charge in [0.1, 0.15) is 7.85 Å². The van der Waals surface area contributed by atoms with Gasteiger partial charge in [-0.1, -0.05) is 0 Å². The largest absolute Gasteiger partial charge is 0.382 e. The summed E-state index contributed by atoms with van der Waals surface area (Å²) in [4.78, 5) is 0. The van der Waals surface area contributed by atoms with Gasteiger partial charge in [-0.2, -0.15) is 0 Å². The van der Waals surface area contributed by atoms with Crippen LogP contribution in [0.2, 0.25) is 0 Å². The summed E-state index contributed by atoms with van der Waals surface area (Å²) in [7, 11) is 5.75. The third-order valence-electron chi connectivity index (χ3n) is 1.47. The zero-order chi connectivity index (χ0) is 7.40. The maximum Gasteiger partial charge on any atom is 0.109 e. The van der Waals surface area contributed by atoms with Crippen molar-refractivity contribution >= 4 is 28.1 Å². The Hall–Kier alpha value is 0.765. The summed E-state index contributed by atoms with van der Waals surface area (Å²) < 4.78 is 10.4. The van der Waals surface area contributed by atoms with Crippen LogP contribution in [0, 0.1) is 0 Å². The van der Waals surface area contributed by atoms with E-state index in [0.717, 1.165) is 12.8 Å². The Morgan fingerprint density at radius 2 is 2.50 bits per heavy atom. The fraction of sp³-hybridized carbons (Fsp3) is 1.00. The second-order valence-corrected chi connectivity index (χ2v) is 3.30. The number of rotatable bonds is 3. The van der Waals surface area contributed by atoms with Crippen molar-refractivity contribution in [1.29, 1.82) is 0 Å². The first kappa shape index (κ1) is 8.86. The van der Waals surface area contributed by atoms with E-state index < -0.39 is 0 Å². The predicted octanol–water partition coefficient (Wildman–Crippen LogP) is 1.11. The normalized spacial score (nSPS) is 34.1. The van der Waals surface area contributed by atoms with E-state index in [9.17, 15) is 0 Å². The van der Waals surface area contributed by atoms with Crippen molar-refractivity contribution in [3.8, 4) is 0 Å². The van der Waals surface area contributed by atoms with Gasteiger partial charge in [0.05, 0.1) is 20.7 Å². The molecule has 1 saturated heterocycles. The quantitative estimate of drug-likeness (QED) is 0.394. The van der Waals surface area contributed by atoms with Gasteiger partial charge in [-0.3, -0.25) is 0 Å². The maximum atomic E-state index is 5.50. The SMILES string of the molecule is [B]C1CC[C@@H](COPS)O1. The van der Waals surface area contributed by atoms with Gasteiger partial charge in [0.2, 0.25) is 0 Å². The molecule has 2 unspecified atom stereocenters. The molecule has 10 heavy (non-hydrogen) atoms. The van der Waals surface area contributed by atoms with Crippen molar-refractivity contribution in [2.75, 3.05) is 6.61 Å². The van der Waals surface area contributed by atoms with Gasteiger partial charge in [0, 0.05) is 6.00 Å². The van der Waals surface area contributed by atoms with Crippen LogP contribution in [-0.4, -0.2) is 26.6 Å². The van der Waals surface area contributed by atoms with Crippen LogP contribution >= 0.6 is 20.3 Å². The molecule has 56 valence electrons. The highest BCUT2D eigenvalue weighted by Crippen LogP contribution is 2.22. The van der Waals surface area contributed by atoms with E-state index in [2.05, 4.69) is 12.2 Å². The molecule has 2 nitrogen and oxygen atoms in total. The van der Waals surface area contributed by atoms with Crippen LogP contribution in [0.25, 0.3) is 0 Å². The van der Waals surface area contributed by atoms with Gasteiger partial charge < -0.3 is 9.26 Å². The monoisotopic (exact) mass is 176 g/mol. The third-order valence-corrected chi connectivity index (χ3v) is 2.16. The first-order chi connectivity index (χ1) is 4.83. The van der Waals surface area contributed by atoms with Crippen molar-refractivity contribution in [2.24, 2.45) is 0 Å². The summed E-state index contributed by atoms with van der Waals surface area (Å²) in [6.45, 7) is 0.635. The van der Waals surface area contributed by atoms with Crippen LogP contribution in [0.15, 0.2) is 0 Å². The van der Waals surface area contributed by atoms with Crippen molar-refractivity contribution in [2.45, 2.75) is 24.9 Å². The fourth-order valence-electron chi connectivity index (χ4n) is 0.986. The molecule has 0 aromatic carbocycles. The van der Waals surface area contributed by atoms with Crippen molar-refractivity contribution in [3.63, 3.8) is 0 Å². The van der Waals surface area contributed by atoms with E-state index in [1.165, 1.54) is 0 Å². The first-order valence-electron chi connectivity index (χ1n) is 3.25. The van der Waals surface area contributed by atoms with Crippen molar-refractivity contribution in [3.05, 3.63) is 0 Å². The Kier molecular flexibility index (Phi) is 4.08. The molecule has 1 aliphatic rings. The Bertz CT molecular complexity index is 106. The van der Waals surface area contributed by atoms with E-state index in [1.54, 1.807) is 0 Å². The lowest BCUT2D eigenvalue weighted by Crippen LogP contribution is -2.14. The van der Waals surface area contributed by atoms with E-state index in [0.29, 0.717) is 6.61 Å². The second-order valence-electron chi connectivity index (χ2n) is 2.28. The minimum Gasteiger partial charge on any atom is -0.382 e. The lowest BCUT2D eigenvalue weighted by Gasteiger charge is -2.09. The van der Waals surface area contributed by atoms with Crippen LogP contribution in [0.3, 0.4) is 0 Å². The molecule has 0 saturated carbocycles. The Balaban J connectivity index is 2.06. The predicted molar refractivity (Wildman–Crippen MR) is 46.9 cm³/mol. The Morgan fingerprint density at radius 1 is 1.70 bits per heavy atom. The molecular weight excluding hydrogens is 166 g/mol. The first-order valence-corrected chi connectivity index (χ1v) is 5.44. The zero-order valence-electron chi connectivity index (χ0n) is 5.62. The minimum atomic E-state index is -0.0724. The molecule has 1 rings (SSSR count). The van der Waals surface area contributed by atoms with Gasteiger partial charge in [-0.05, 0) is 12.8 Å². The van der Waals surface area contributed by atoms with Gasteiger partial charge in [-0.15, -0.1) is 12.2 Å². The number of thiol groups is 1. The molecule has 0 aromatic rings.